The second kappa shape index (κ2) is 6.85. The minimum absolute atomic E-state index is 0.0567. The number of nitrogens with one attached hydrogen (secondary N) is 2. The molecule has 4 nitrogen and oxygen atoms in total. The number of carbonyl (C=O) groups excluding carboxylic acids is 1. The summed E-state index contributed by atoms with van der Waals surface area (Å²) in [4.78, 5) is 11.0. The molecule has 88 valence electrons. The standard InChI is InChI=1S/C12H18N2O2/c1-3-14-8-10-5-4-6-11(7-10)16-9-12(15)13-2/h4-7,14H,3,8-9H2,1-2H3,(H,13,15). The van der Waals surface area contributed by atoms with Gasteiger partial charge in [-0.3, -0.25) is 4.79 Å². The maximum absolute atomic E-state index is 11.0. The first kappa shape index (κ1) is 12.5. The molecule has 0 bridgehead atoms. The molecule has 16 heavy (non-hydrogen) atoms. The lowest BCUT2D eigenvalue weighted by Crippen LogP contribution is -2.24. The van der Waals surface area contributed by atoms with Crippen LogP contribution in [0.2, 0.25) is 0 Å². The number of likely N-dealkylation sites (N-methyl/N-ethyl adjacent to an activating group) is 1. The van der Waals surface area contributed by atoms with Crippen LogP contribution in [0.25, 0.3) is 0 Å². The first-order valence-corrected chi connectivity index (χ1v) is 5.39. The van der Waals surface area contributed by atoms with Gasteiger partial charge in [0.1, 0.15) is 5.75 Å². The molecule has 0 unspecified atom stereocenters. The quantitative estimate of drug-likeness (QED) is 0.752. The molecule has 0 saturated carbocycles. The molecule has 0 atom stereocenters. The summed E-state index contributed by atoms with van der Waals surface area (Å²) in [6, 6.07) is 7.73. The highest BCUT2D eigenvalue weighted by molar-refractivity contribution is 5.77. The molecule has 1 amide bonds. The van der Waals surface area contributed by atoms with E-state index in [-0.39, 0.29) is 12.5 Å². The van der Waals surface area contributed by atoms with Crippen LogP contribution < -0.4 is 15.4 Å². The van der Waals surface area contributed by atoms with Crippen LogP contribution in [0.15, 0.2) is 24.3 Å². The van der Waals surface area contributed by atoms with Crippen LogP contribution >= 0.6 is 0 Å². The Morgan fingerprint density at radius 2 is 2.25 bits per heavy atom. The summed E-state index contributed by atoms with van der Waals surface area (Å²) < 4.78 is 5.34. The van der Waals surface area contributed by atoms with Gasteiger partial charge in [-0.1, -0.05) is 19.1 Å². The van der Waals surface area contributed by atoms with Crippen molar-refractivity contribution in [3.05, 3.63) is 29.8 Å². The number of benzene rings is 1. The number of rotatable bonds is 6. The van der Waals surface area contributed by atoms with Crippen LogP contribution in [-0.4, -0.2) is 26.1 Å². The molecule has 0 spiro atoms. The average molecular weight is 222 g/mol. The van der Waals surface area contributed by atoms with Gasteiger partial charge in [0, 0.05) is 13.6 Å². The maximum Gasteiger partial charge on any atom is 0.257 e. The Hall–Kier alpha value is -1.55. The molecular weight excluding hydrogens is 204 g/mol. The Morgan fingerprint density at radius 3 is 2.94 bits per heavy atom. The molecule has 0 aliphatic heterocycles. The third-order valence-corrected chi connectivity index (χ3v) is 2.13. The summed E-state index contributed by atoms with van der Waals surface area (Å²) in [6.45, 7) is 3.87. The van der Waals surface area contributed by atoms with Crippen LogP contribution in [0.3, 0.4) is 0 Å². The average Bonchev–Trinajstić information content (AvgIpc) is 2.34. The molecule has 1 aromatic carbocycles. The van der Waals surface area contributed by atoms with Gasteiger partial charge in [-0.05, 0) is 24.2 Å². The SMILES string of the molecule is CCNCc1cccc(OCC(=O)NC)c1. The van der Waals surface area contributed by atoms with E-state index in [1.807, 2.05) is 24.3 Å². The van der Waals surface area contributed by atoms with E-state index in [1.54, 1.807) is 7.05 Å². The van der Waals surface area contributed by atoms with E-state index in [1.165, 1.54) is 0 Å². The van der Waals surface area contributed by atoms with Crippen LogP contribution in [0.4, 0.5) is 0 Å². The molecule has 0 fully saturated rings. The first-order chi connectivity index (χ1) is 7.76. The van der Waals surface area contributed by atoms with Gasteiger partial charge in [0.15, 0.2) is 6.61 Å². The Morgan fingerprint density at radius 1 is 1.44 bits per heavy atom. The van der Waals surface area contributed by atoms with E-state index in [2.05, 4.69) is 17.6 Å². The lowest BCUT2D eigenvalue weighted by Gasteiger charge is -2.07. The van der Waals surface area contributed by atoms with Gasteiger partial charge in [0.25, 0.3) is 5.91 Å². The summed E-state index contributed by atoms with van der Waals surface area (Å²) in [5, 5.41) is 5.74. The van der Waals surface area contributed by atoms with Crippen molar-refractivity contribution in [2.24, 2.45) is 0 Å². The third kappa shape index (κ3) is 4.31. The number of ether oxygens (including phenoxy) is 1. The van der Waals surface area contributed by atoms with Crippen molar-refractivity contribution in [1.82, 2.24) is 10.6 Å². The molecule has 0 radical (unpaired) electrons. The Balaban J connectivity index is 2.50. The molecule has 1 rings (SSSR count). The minimum atomic E-state index is -0.128. The Bertz CT molecular complexity index is 340. The second-order valence-electron chi connectivity index (χ2n) is 3.39. The maximum atomic E-state index is 11.0. The fourth-order valence-electron chi connectivity index (χ4n) is 1.24. The summed E-state index contributed by atoms with van der Waals surface area (Å²) in [5.41, 5.74) is 1.15. The monoisotopic (exact) mass is 222 g/mol. The van der Waals surface area contributed by atoms with Crippen LogP contribution in [0, 0.1) is 0 Å². The zero-order chi connectivity index (χ0) is 11.8. The molecule has 4 heteroatoms. The minimum Gasteiger partial charge on any atom is -0.484 e. The van der Waals surface area contributed by atoms with E-state index in [0.717, 1.165) is 24.4 Å². The lowest BCUT2D eigenvalue weighted by molar-refractivity contribution is -0.122. The third-order valence-electron chi connectivity index (χ3n) is 2.13. The highest BCUT2D eigenvalue weighted by atomic mass is 16.5. The molecule has 2 N–H and O–H groups in total. The molecule has 0 aliphatic carbocycles. The smallest absolute Gasteiger partial charge is 0.257 e. The number of hydrogen-bond donors (Lipinski definition) is 2. The van der Waals surface area contributed by atoms with Gasteiger partial charge in [-0.2, -0.15) is 0 Å². The van der Waals surface area contributed by atoms with Crippen molar-refractivity contribution in [3.8, 4) is 5.75 Å². The molecule has 0 aliphatic rings. The van der Waals surface area contributed by atoms with E-state index in [0.29, 0.717) is 0 Å². The largest absolute Gasteiger partial charge is 0.484 e. The zero-order valence-electron chi connectivity index (χ0n) is 9.75. The van der Waals surface area contributed by atoms with Crippen molar-refractivity contribution >= 4 is 5.91 Å². The Labute approximate surface area is 96.0 Å². The van der Waals surface area contributed by atoms with Crippen molar-refractivity contribution in [2.45, 2.75) is 13.5 Å². The highest BCUT2D eigenvalue weighted by Crippen LogP contribution is 2.12. The van der Waals surface area contributed by atoms with Crippen LogP contribution in [0.1, 0.15) is 12.5 Å². The fraction of sp³-hybridized carbons (Fsp3) is 0.417. The van der Waals surface area contributed by atoms with Gasteiger partial charge in [-0.25, -0.2) is 0 Å². The highest BCUT2D eigenvalue weighted by Gasteiger charge is 2.00. The lowest BCUT2D eigenvalue weighted by atomic mass is 10.2. The zero-order valence-corrected chi connectivity index (χ0v) is 9.75. The van der Waals surface area contributed by atoms with Crippen molar-refractivity contribution in [3.63, 3.8) is 0 Å². The van der Waals surface area contributed by atoms with Gasteiger partial charge in [0.2, 0.25) is 0 Å². The summed E-state index contributed by atoms with van der Waals surface area (Å²) in [5.74, 6) is 0.594. The van der Waals surface area contributed by atoms with E-state index >= 15 is 0 Å². The normalized spacial score (nSPS) is 9.88. The predicted molar refractivity (Wildman–Crippen MR) is 63.4 cm³/mol. The van der Waals surface area contributed by atoms with E-state index in [4.69, 9.17) is 4.74 Å². The van der Waals surface area contributed by atoms with Gasteiger partial charge >= 0.3 is 0 Å². The van der Waals surface area contributed by atoms with E-state index in [9.17, 15) is 4.79 Å². The van der Waals surface area contributed by atoms with Gasteiger partial charge in [0.05, 0.1) is 0 Å². The summed E-state index contributed by atoms with van der Waals surface area (Å²) >= 11 is 0. The first-order valence-electron chi connectivity index (χ1n) is 5.39. The van der Waals surface area contributed by atoms with Gasteiger partial charge in [-0.15, -0.1) is 0 Å². The van der Waals surface area contributed by atoms with Crippen molar-refractivity contribution < 1.29 is 9.53 Å². The number of hydrogen-bond acceptors (Lipinski definition) is 3. The summed E-state index contributed by atoms with van der Waals surface area (Å²) in [6.07, 6.45) is 0. The molecule has 0 heterocycles. The van der Waals surface area contributed by atoms with Crippen LogP contribution in [0.5, 0.6) is 5.75 Å². The molecule has 1 aromatic rings. The number of carbonyl (C=O) groups is 1. The van der Waals surface area contributed by atoms with Crippen LogP contribution in [-0.2, 0) is 11.3 Å². The van der Waals surface area contributed by atoms with Crippen molar-refractivity contribution in [1.29, 1.82) is 0 Å². The molecular formula is C12H18N2O2. The predicted octanol–water partition coefficient (Wildman–Crippen LogP) is 0.921. The Kier molecular flexibility index (Phi) is 5.36. The van der Waals surface area contributed by atoms with Crippen molar-refractivity contribution in [2.75, 3.05) is 20.2 Å². The second-order valence-corrected chi connectivity index (χ2v) is 3.39. The fourth-order valence-corrected chi connectivity index (χ4v) is 1.24. The van der Waals surface area contributed by atoms with Gasteiger partial charge < -0.3 is 15.4 Å². The molecule has 0 aromatic heterocycles. The summed E-state index contributed by atoms with van der Waals surface area (Å²) in [7, 11) is 1.59. The number of amides is 1. The van der Waals surface area contributed by atoms with E-state index < -0.39 is 0 Å². The topological polar surface area (TPSA) is 50.4 Å². The molecule has 0 saturated heterocycles.